The van der Waals surface area contributed by atoms with Gasteiger partial charge in [-0.05, 0) is 45.0 Å². The second-order valence-corrected chi connectivity index (χ2v) is 6.63. The molecule has 134 valence electrons. The van der Waals surface area contributed by atoms with Crippen LogP contribution in [0.3, 0.4) is 0 Å². The Morgan fingerprint density at radius 1 is 1.12 bits per heavy atom. The average Bonchev–Trinajstić information content (AvgIpc) is 2.61. The predicted molar refractivity (Wildman–Crippen MR) is 98.6 cm³/mol. The van der Waals surface area contributed by atoms with Crippen LogP contribution in [0.5, 0.6) is 5.75 Å². The van der Waals surface area contributed by atoms with Gasteiger partial charge in [-0.1, -0.05) is 24.3 Å². The van der Waals surface area contributed by atoms with Gasteiger partial charge in [0.25, 0.3) is 5.91 Å². The highest BCUT2D eigenvalue weighted by Crippen LogP contribution is 2.36. The Labute approximate surface area is 151 Å². The Balaban J connectivity index is 1.83. The summed E-state index contributed by atoms with van der Waals surface area (Å²) in [5, 5.41) is 2.82. The van der Waals surface area contributed by atoms with E-state index in [4.69, 9.17) is 4.74 Å². The molecule has 1 aliphatic heterocycles. The van der Waals surface area contributed by atoms with Crippen molar-refractivity contribution in [3.63, 3.8) is 0 Å². The summed E-state index contributed by atoms with van der Waals surface area (Å²) in [5.74, 6) is -0.253. The number of carbonyl (C=O) groups is 3. The fourth-order valence-corrected chi connectivity index (χ4v) is 2.91. The number of ketones is 1. The molecule has 0 unspecified atom stereocenters. The van der Waals surface area contributed by atoms with E-state index in [1.54, 1.807) is 56.3 Å². The summed E-state index contributed by atoms with van der Waals surface area (Å²) in [6.07, 6.45) is 0. The lowest BCUT2D eigenvalue weighted by atomic mass is 9.96. The molecule has 2 amide bonds. The molecular formula is C20H20N2O4. The molecule has 0 aromatic heterocycles. The number of benzene rings is 2. The number of para-hydroxylation sites is 2. The van der Waals surface area contributed by atoms with Crippen molar-refractivity contribution in [2.75, 3.05) is 16.8 Å². The maximum atomic E-state index is 12.9. The highest BCUT2D eigenvalue weighted by Gasteiger charge is 2.43. The van der Waals surface area contributed by atoms with Gasteiger partial charge in [0.15, 0.2) is 12.4 Å². The molecule has 1 N–H and O–H groups in total. The molecule has 0 atom stereocenters. The van der Waals surface area contributed by atoms with Crippen LogP contribution in [-0.4, -0.2) is 29.7 Å². The number of hydrogen-bond donors (Lipinski definition) is 1. The number of fused-ring (bicyclic) bond motifs is 1. The van der Waals surface area contributed by atoms with Gasteiger partial charge in [0.05, 0.1) is 11.4 Å². The first-order chi connectivity index (χ1) is 12.3. The fraction of sp³-hybridized carbons (Fsp3) is 0.250. The maximum absolute atomic E-state index is 12.9. The van der Waals surface area contributed by atoms with Crippen LogP contribution >= 0.6 is 0 Å². The second kappa shape index (κ2) is 6.63. The molecule has 0 saturated heterocycles. The third-order valence-corrected chi connectivity index (χ3v) is 4.36. The lowest BCUT2D eigenvalue weighted by molar-refractivity contribution is -0.127. The van der Waals surface area contributed by atoms with E-state index in [0.29, 0.717) is 22.7 Å². The van der Waals surface area contributed by atoms with Gasteiger partial charge >= 0.3 is 0 Å². The van der Waals surface area contributed by atoms with E-state index in [1.165, 1.54) is 11.8 Å². The van der Waals surface area contributed by atoms with Crippen molar-refractivity contribution in [1.29, 1.82) is 0 Å². The highest BCUT2D eigenvalue weighted by molar-refractivity contribution is 6.14. The Morgan fingerprint density at radius 2 is 1.85 bits per heavy atom. The fourth-order valence-electron chi connectivity index (χ4n) is 2.91. The van der Waals surface area contributed by atoms with Crippen molar-refractivity contribution in [3.05, 3.63) is 54.1 Å². The molecule has 0 aliphatic carbocycles. The number of amides is 2. The summed E-state index contributed by atoms with van der Waals surface area (Å²) in [5.41, 5.74) is 0.681. The van der Waals surface area contributed by atoms with Crippen molar-refractivity contribution < 1.29 is 19.1 Å². The zero-order chi connectivity index (χ0) is 18.9. The second-order valence-electron chi connectivity index (χ2n) is 6.63. The molecular weight excluding hydrogens is 332 g/mol. The average molecular weight is 352 g/mol. The molecule has 0 saturated carbocycles. The monoisotopic (exact) mass is 352 g/mol. The summed E-state index contributed by atoms with van der Waals surface area (Å²) >= 11 is 0. The van der Waals surface area contributed by atoms with Crippen LogP contribution in [0.15, 0.2) is 48.5 Å². The van der Waals surface area contributed by atoms with Crippen LogP contribution in [-0.2, 0) is 9.59 Å². The summed E-state index contributed by atoms with van der Waals surface area (Å²) in [7, 11) is 0. The van der Waals surface area contributed by atoms with E-state index >= 15 is 0 Å². The molecule has 0 fully saturated rings. The Bertz CT molecular complexity index is 889. The van der Waals surface area contributed by atoms with Crippen LogP contribution in [0.2, 0.25) is 0 Å². The quantitative estimate of drug-likeness (QED) is 0.858. The minimum absolute atomic E-state index is 0.0791. The van der Waals surface area contributed by atoms with E-state index in [0.717, 1.165) is 0 Å². The Hall–Kier alpha value is -3.15. The number of anilines is 2. The van der Waals surface area contributed by atoms with Crippen LogP contribution in [0.25, 0.3) is 0 Å². The predicted octanol–water partition coefficient (Wildman–Crippen LogP) is 3.03. The molecule has 26 heavy (non-hydrogen) atoms. The van der Waals surface area contributed by atoms with Crippen molar-refractivity contribution in [2.24, 2.45) is 0 Å². The highest BCUT2D eigenvalue weighted by atomic mass is 16.5. The largest absolute Gasteiger partial charge is 0.484 e. The Morgan fingerprint density at radius 3 is 2.58 bits per heavy atom. The molecule has 3 rings (SSSR count). The molecule has 1 heterocycles. The van der Waals surface area contributed by atoms with Crippen LogP contribution in [0.1, 0.15) is 31.1 Å². The SMILES string of the molecule is CC(=O)c1cccc(OCC(=O)N2c3ccccc3NC(=O)C2(C)C)c1. The van der Waals surface area contributed by atoms with Gasteiger partial charge in [0.2, 0.25) is 5.91 Å². The first kappa shape index (κ1) is 17.7. The lowest BCUT2D eigenvalue weighted by Gasteiger charge is -2.41. The number of rotatable bonds is 4. The van der Waals surface area contributed by atoms with Gasteiger partial charge in [-0.2, -0.15) is 0 Å². The summed E-state index contributed by atoms with van der Waals surface area (Å²) < 4.78 is 5.58. The zero-order valence-corrected chi connectivity index (χ0v) is 14.9. The number of carbonyl (C=O) groups excluding carboxylic acids is 3. The van der Waals surface area contributed by atoms with Gasteiger partial charge in [0, 0.05) is 5.56 Å². The van der Waals surface area contributed by atoms with Crippen molar-refractivity contribution >= 4 is 29.0 Å². The van der Waals surface area contributed by atoms with E-state index < -0.39 is 5.54 Å². The van der Waals surface area contributed by atoms with Gasteiger partial charge in [-0.15, -0.1) is 0 Å². The molecule has 0 spiro atoms. The topological polar surface area (TPSA) is 75.7 Å². The smallest absolute Gasteiger partial charge is 0.265 e. The van der Waals surface area contributed by atoms with Gasteiger partial charge in [-0.3, -0.25) is 19.3 Å². The van der Waals surface area contributed by atoms with Gasteiger partial charge in [-0.25, -0.2) is 0 Å². The van der Waals surface area contributed by atoms with Crippen molar-refractivity contribution in [2.45, 2.75) is 26.3 Å². The molecule has 6 heteroatoms. The summed E-state index contributed by atoms with van der Waals surface area (Å²) in [6, 6.07) is 13.8. The molecule has 6 nitrogen and oxygen atoms in total. The molecule has 1 aliphatic rings. The lowest BCUT2D eigenvalue weighted by Crippen LogP contribution is -2.59. The molecule has 2 aromatic carbocycles. The van der Waals surface area contributed by atoms with Gasteiger partial charge in [0.1, 0.15) is 11.3 Å². The number of nitrogens with one attached hydrogen (secondary N) is 1. The first-order valence-corrected chi connectivity index (χ1v) is 8.28. The third-order valence-electron chi connectivity index (χ3n) is 4.36. The summed E-state index contributed by atoms with van der Waals surface area (Å²) in [4.78, 5) is 38.2. The molecule has 0 radical (unpaired) electrons. The minimum Gasteiger partial charge on any atom is -0.484 e. The van der Waals surface area contributed by atoms with Crippen LogP contribution in [0.4, 0.5) is 11.4 Å². The van der Waals surface area contributed by atoms with E-state index in [2.05, 4.69) is 5.32 Å². The number of hydrogen-bond acceptors (Lipinski definition) is 4. The van der Waals surface area contributed by atoms with Crippen molar-refractivity contribution in [3.8, 4) is 5.75 Å². The molecule has 2 aromatic rings. The minimum atomic E-state index is -1.05. The number of Topliss-reactive ketones (excluding diaryl/α,β-unsaturated/α-hetero) is 1. The first-order valence-electron chi connectivity index (χ1n) is 8.28. The van der Waals surface area contributed by atoms with Crippen molar-refractivity contribution in [1.82, 2.24) is 0 Å². The Kier molecular flexibility index (Phi) is 4.50. The number of ether oxygens (including phenoxy) is 1. The normalized spacial score (nSPS) is 15.0. The number of nitrogens with zero attached hydrogens (tertiary/aromatic N) is 1. The van der Waals surface area contributed by atoms with E-state index in [1.807, 2.05) is 6.07 Å². The van der Waals surface area contributed by atoms with Crippen LogP contribution in [0, 0.1) is 0 Å². The standard InChI is InChI=1S/C20H20N2O4/c1-13(23)14-7-6-8-15(11-14)26-12-18(24)22-17-10-5-4-9-16(17)21-19(25)20(22,2)3/h4-11H,12H2,1-3H3,(H,21,25). The van der Waals surface area contributed by atoms with E-state index in [9.17, 15) is 14.4 Å². The van der Waals surface area contributed by atoms with E-state index in [-0.39, 0.29) is 24.2 Å². The third kappa shape index (κ3) is 3.18. The maximum Gasteiger partial charge on any atom is 0.265 e. The molecule has 0 bridgehead atoms. The van der Waals surface area contributed by atoms with Crippen LogP contribution < -0.4 is 15.0 Å². The summed E-state index contributed by atoms with van der Waals surface area (Å²) in [6.45, 7) is 4.60. The van der Waals surface area contributed by atoms with Gasteiger partial charge < -0.3 is 10.1 Å². The zero-order valence-electron chi connectivity index (χ0n) is 14.9.